The number of rotatable bonds is 2. The Kier molecular flexibility index (Phi) is 2.70. The molecule has 7 heteroatoms. The van der Waals surface area contributed by atoms with Crippen LogP contribution in [0.25, 0.3) is 0 Å². The minimum Gasteiger partial charge on any atom is -0.399 e. The van der Waals surface area contributed by atoms with Crippen molar-refractivity contribution in [1.29, 1.82) is 0 Å². The van der Waals surface area contributed by atoms with Crippen molar-refractivity contribution in [3.63, 3.8) is 0 Å². The van der Waals surface area contributed by atoms with Gasteiger partial charge in [-0.25, -0.2) is 8.78 Å². The minimum atomic E-state index is -5.13. The fourth-order valence-corrected chi connectivity index (χ4v) is 1.62. The van der Waals surface area contributed by atoms with Crippen molar-refractivity contribution in [2.75, 3.05) is 5.73 Å². The average Bonchev–Trinajstić information content (AvgIpc) is 2.01. The van der Waals surface area contributed by atoms with Gasteiger partial charge in [-0.05, 0) is 18.2 Å². The van der Waals surface area contributed by atoms with Crippen molar-refractivity contribution in [1.82, 2.24) is 0 Å². The zero-order valence-corrected chi connectivity index (χ0v) is 7.56. The summed E-state index contributed by atoms with van der Waals surface area (Å²) in [5.74, 6) is 0. The largest absolute Gasteiger partial charge is 0.399 e. The molecule has 0 amide bonds. The van der Waals surface area contributed by atoms with Crippen molar-refractivity contribution >= 4 is 15.9 Å². The molecule has 0 atom stereocenters. The summed E-state index contributed by atoms with van der Waals surface area (Å²) in [6, 6.07) is 2.49. The average molecular weight is 225 g/mol. The van der Waals surface area contributed by atoms with Crippen molar-refractivity contribution in [3.8, 4) is 0 Å². The third-order valence-electron chi connectivity index (χ3n) is 1.53. The van der Waals surface area contributed by atoms with Gasteiger partial charge in [-0.1, -0.05) is 0 Å². The van der Waals surface area contributed by atoms with E-state index in [0.717, 1.165) is 12.1 Å². The second-order valence-corrected chi connectivity index (χ2v) is 3.85. The molecule has 14 heavy (non-hydrogen) atoms. The maximum atomic E-state index is 12.5. The van der Waals surface area contributed by atoms with Crippen molar-refractivity contribution in [2.45, 2.75) is 11.3 Å². The number of anilines is 1. The van der Waals surface area contributed by atoms with Gasteiger partial charge in [0.1, 0.15) is 4.90 Å². The second kappa shape index (κ2) is 3.49. The Morgan fingerprint density at radius 1 is 1.29 bits per heavy atom. The van der Waals surface area contributed by atoms with E-state index in [1.54, 1.807) is 0 Å². The van der Waals surface area contributed by atoms with Gasteiger partial charge in [-0.3, -0.25) is 0 Å². The third kappa shape index (κ3) is 2.16. The van der Waals surface area contributed by atoms with E-state index < -0.39 is 27.1 Å². The number of alkyl halides is 2. The first-order valence-corrected chi connectivity index (χ1v) is 4.83. The van der Waals surface area contributed by atoms with Crippen LogP contribution >= 0.6 is 0 Å². The van der Waals surface area contributed by atoms with Crippen LogP contribution in [-0.4, -0.2) is 8.42 Å². The summed E-state index contributed by atoms with van der Waals surface area (Å²) in [7, 11) is -5.13. The number of hydrogen-bond acceptors (Lipinski definition) is 3. The van der Waals surface area contributed by atoms with Gasteiger partial charge in [0.05, 0.1) is 0 Å². The zero-order valence-electron chi connectivity index (χ0n) is 6.75. The van der Waals surface area contributed by atoms with E-state index >= 15 is 0 Å². The van der Waals surface area contributed by atoms with E-state index in [9.17, 15) is 21.1 Å². The number of benzene rings is 1. The van der Waals surface area contributed by atoms with Gasteiger partial charge in [0, 0.05) is 11.3 Å². The maximum absolute atomic E-state index is 12.5. The van der Waals surface area contributed by atoms with Gasteiger partial charge in [-0.2, -0.15) is 8.42 Å². The number of hydrogen-bond donors (Lipinski definition) is 1. The van der Waals surface area contributed by atoms with E-state index in [0.29, 0.717) is 6.07 Å². The SMILES string of the molecule is Nc1ccc(S(=O)(=O)F)c(C(F)F)c1. The van der Waals surface area contributed by atoms with Crippen LogP contribution in [0.15, 0.2) is 23.1 Å². The Labute approximate surface area is 78.6 Å². The maximum Gasteiger partial charge on any atom is 0.332 e. The van der Waals surface area contributed by atoms with Crippen molar-refractivity contribution < 1.29 is 21.1 Å². The second-order valence-electron chi connectivity index (χ2n) is 2.54. The lowest BCUT2D eigenvalue weighted by molar-refractivity contribution is 0.148. The molecular formula is C7H6F3NO2S. The molecular weight excluding hydrogens is 219 g/mol. The van der Waals surface area contributed by atoms with Crippen LogP contribution in [0.5, 0.6) is 0 Å². The Morgan fingerprint density at radius 2 is 1.86 bits per heavy atom. The van der Waals surface area contributed by atoms with Crippen LogP contribution in [0.3, 0.4) is 0 Å². The van der Waals surface area contributed by atoms with Gasteiger partial charge >= 0.3 is 10.2 Å². The van der Waals surface area contributed by atoms with Crippen LogP contribution in [0.1, 0.15) is 12.0 Å². The van der Waals surface area contributed by atoms with Crippen molar-refractivity contribution in [3.05, 3.63) is 23.8 Å². The quantitative estimate of drug-likeness (QED) is 0.617. The zero-order chi connectivity index (χ0) is 10.9. The van der Waals surface area contributed by atoms with Crippen LogP contribution < -0.4 is 5.73 Å². The highest BCUT2D eigenvalue weighted by Crippen LogP contribution is 2.29. The van der Waals surface area contributed by atoms with Crippen molar-refractivity contribution in [2.24, 2.45) is 0 Å². The summed E-state index contributed by atoms with van der Waals surface area (Å²) in [5, 5.41) is 0. The van der Waals surface area contributed by atoms with Gasteiger partial charge in [0.2, 0.25) is 0 Å². The molecule has 0 radical (unpaired) electrons. The van der Waals surface area contributed by atoms with Crippen LogP contribution in [0.2, 0.25) is 0 Å². The molecule has 0 aliphatic carbocycles. The molecule has 0 aliphatic heterocycles. The summed E-state index contributed by atoms with van der Waals surface area (Å²) in [4.78, 5) is -1.04. The predicted molar refractivity (Wildman–Crippen MR) is 44.1 cm³/mol. The smallest absolute Gasteiger partial charge is 0.332 e. The molecule has 0 saturated carbocycles. The Balaban J connectivity index is 3.45. The monoisotopic (exact) mass is 225 g/mol. The molecule has 0 aromatic heterocycles. The van der Waals surface area contributed by atoms with E-state index in [1.807, 2.05) is 0 Å². The first-order chi connectivity index (χ1) is 6.32. The highest BCUT2D eigenvalue weighted by Gasteiger charge is 2.22. The van der Waals surface area contributed by atoms with Crippen LogP contribution in [-0.2, 0) is 10.2 Å². The summed E-state index contributed by atoms with van der Waals surface area (Å²) in [6.45, 7) is 0. The van der Waals surface area contributed by atoms with Gasteiger partial charge in [-0.15, -0.1) is 3.89 Å². The fourth-order valence-electron chi connectivity index (χ4n) is 0.960. The molecule has 0 spiro atoms. The lowest BCUT2D eigenvalue weighted by Gasteiger charge is -2.05. The molecule has 0 heterocycles. The lowest BCUT2D eigenvalue weighted by atomic mass is 10.2. The molecule has 1 aromatic carbocycles. The summed E-state index contributed by atoms with van der Waals surface area (Å²) >= 11 is 0. The molecule has 0 unspecified atom stereocenters. The summed E-state index contributed by atoms with van der Waals surface area (Å²) in [6.07, 6.45) is -3.08. The normalized spacial score (nSPS) is 12.0. The Morgan fingerprint density at radius 3 is 2.29 bits per heavy atom. The predicted octanol–water partition coefficient (Wildman–Crippen LogP) is 1.86. The summed E-state index contributed by atoms with van der Waals surface area (Å²) in [5.41, 5.74) is 4.19. The summed E-state index contributed by atoms with van der Waals surface area (Å²) < 4.78 is 57.8. The highest BCUT2D eigenvalue weighted by atomic mass is 32.3. The Hall–Kier alpha value is -1.24. The lowest BCUT2D eigenvalue weighted by Crippen LogP contribution is -2.00. The molecule has 2 N–H and O–H groups in total. The van der Waals surface area contributed by atoms with E-state index in [-0.39, 0.29) is 5.69 Å². The molecule has 0 bridgehead atoms. The minimum absolute atomic E-state index is 0.0484. The molecule has 0 aliphatic rings. The molecule has 0 saturated heterocycles. The fraction of sp³-hybridized carbons (Fsp3) is 0.143. The first-order valence-electron chi connectivity index (χ1n) is 3.44. The number of nitrogens with two attached hydrogens (primary N) is 1. The number of nitrogen functional groups attached to an aromatic ring is 1. The standard InChI is InChI=1S/C7H6F3NO2S/c8-7(9)5-3-4(11)1-2-6(5)14(10,12)13/h1-3,7H,11H2. The van der Waals surface area contributed by atoms with Crippen LogP contribution in [0.4, 0.5) is 18.4 Å². The Bertz CT molecular complexity index is 444. The topological polar surface area (TPSA) is 60.2 Å². The molecule has 1 aromatic rings. The molecule has 0 fully saturated rings. The highest BCUT2D eigenvalue weighted by molar-refractivity contribution is 7.86. The molecule has 1 rings (SSSR count). The van der Waals surface area contributed by atoms with E-state index in [2.05, 4.69) is 0 Å². The van der Waals surface area contributed by atoms with E-state index in [4.69, 9.17) is 5.73 Å². The third-order valence-corrected chi connectivity index (χ3v) is 2.43. The first kappa shape index (κ1) is 10.8. The molecule has 78 valence electrons. The van der Waals surface area contributed by atoms with Gasteiger partial charge < -0.3 is 5.73 Å². The van der Waals surface area contributed by atoms with Gasteiger partial charge in [0.15, 0.2) is 0 Å². The van der Waals surface area contributed by atoms with Gasteiger partial charge in [0.25, 0.3) is 6.43 Å². The number of halogens is 3. The van der Waals surface area contributed by atoms with Crippen LogP contribution in [0, 0.1) is 0 Å². The molecule has 3 nitrogen and oxygen atoms in total. The van der Waals surface area contributed by atoms with E-state index in [1.165, 1.54) is 0 Å².